The maximum atomic E-state index is 11.8. The Morgan fingerprint density at radius 3 is 1.91 bits per heavy atom. The third kappa shape index (κ3) is 8.36. The number of hydrogen-bond acceptors (Lipinski definition) is 11. The van der Waals surface area contributed by atoms with E-state index in [-0.39, 0.29) is 13.2 Å². The Bertz CT molecular complexity index is 663. The van der Waals surface area contributed by atoms with E-state index in [2.05, 4.69) is 4.90 Å². The highest BCUT2D eigenvalue weighted by Crippen LogP contribution is 2.30. The standard InChI is InChI=1S/C21H33NO10/c1-13(23)28-12-17-18(29-14(2)24)19(30-15(3)25)20(31-16(4)26)21(32-17)27-11-10-22-8-6-5-7-9-22/h17-21H,5-12H2,1-4H3/t17?,18-,19?,20?,21-/m1/s1. The summed E-state index contributed by atoms with van der Waals surface area (Å²) in [6.45, 7) is 7.37. The number of nitrogens with zero attached hydrogens (tertiary/aromatic N) is 1. The third-order valence-corrected chi connectivity index (χ3v) is 5.09. The highest BCUT2D eigenvalue weighted by molar-refractivity contribution is 5.68. The Labute approximate surface area is 187 Å². The van der Waals surface area contributed by atoms with Gasteiger partial charge < -0.3 is 33.3 Å². The molecule has 0 aromatic heterocycles. The summed E-state index contributed by atoms with van der Waals surface area (Å²) in [6, 6.07) is 0. The van der Waals surface area contributed by atoms with Crippen molar-refractivity contribution in [2.45, 2.75) is 77.7 Å². The van der Waals surface area contributed by atoms with E-state index in [1.807, 2.05) is 0 Å². The van der Waals surface area contributed by atoms with Crippen molar-refractivity contribution in [2.75, 3.05) is 32.8 Å². The van der Waals surface area contributed by atoms with Gasteiger partial charge in [-0.1, -0.05) is 6.42 Å². The van der Waals surface area contributed by atoms with Crippen molar-refractivity contribution < 1.29 is 47.6 Å². The maximum Gasteiger partial charge on any atom is 0.303 e. The van der Waals surface area contributed by atoms with Crippen LogP contribution in [0.25, 0.3) is 0 Å². The van der Waals surface area contributed by atoms with Crippen LogP contribution in [0.2, 0.25) is 0 Å². The average Bonchev–Trinajstić information content (AvgIpc) is 2.70. The number of rotatable bonds is 9. The van der Waals surface area contributed by atoms with E-state index in [9.17, 15) is 19.2 Å². The minimum absolute atomic E-state index is 0.272. The maximum absolute atomic E-state index is 11.8. The number of ether oxygens (including phenoxy) is 6. The van der Waals surface area contributed by atoms with Gasteiger partial charge in [0, 0.05) is 34.2 Å². The molecule has 2 aliphatic rings. The Morgan fingerprint density at radius 1 is 0.781 bits per heavy atom. The molecule has 2 fully saturated rings. The number of piperidine rings is 1. The molecule has 182 valence electrons. The van der Waals surface area contributed by atoms with E-state index >= 15 is 0 Å². The summed E-state index contributed by atoms with van der Waals surface area (Å²) in [5.74, 6) is -2.57. The predicted octanol–water partition coefficient (Wildman–Crippen LogP) is 0.572. The van der Waals surface area contributed by atoms with Crippen LogP contribution in [0.5, 0.6) is 0 Å². The average molecular weight is 459 g/mol. The molecule has 3 unspecified atom stereocenters. The van der Waals surface area contributed by atoms with E-state index in [1.54, 1.807) is 0 Å². The van der Waals surface area contributed by atoms with Gasteiger partial charge in [0.25, 0.3) is 0 Å². The lowest BCUT2D eigenvalue weighted by atomic mass is 9.98. The fourth-order valence-corrected chi connectivity index (χ4v) is 3.80. The van der Waals surface area contributed by atoms with Crippen molar-refractivity contribution in [3.05, 3.63) is 0 Å². The van der Waals surface area contributed by atoms with Crippen LogP contribution >= 0.6 is 0 Å². The van der Waals surface area contributed by atoms with Gasteiger partial charge in [0.15, 0.2) is 24.6 Å². The number of carbonyl (C=O) groups excluding carboxylic acids is 4. The first-order valence-electron chi connectivity index (χ1n) is 10.8. The smallest absolute Gasteiger partial charge is 0.303 e. The van der Waals surface area contributed by atoms with Crippen LogP contribution in [0.3, 0.4) is 0 Å². The van der Waals surface area contributed by atoms with Crippen molar-refractivity contribution in [3.8, 4) is 0 Å². The van der Waals surface area contributed by atoms with E-state index in [1.165, 1.54) is 34.1 Å². The van der Waals surface area contributed by atoms with Gasteiger partial charge in [0.2, 0.25) is 0 Å². The molecule has 0 spiro atoms. The zero-order valence-corrected chi connectivity index (χ0v) is 19.1. The van der Waals surface area contributed by atoms with Crippen molar-refractivity contribution in [1.29, 1.82) is 0 Å². The van der Waals surface area contributed by atoms with Crippen LogP contribution in [0.15, 0.2) is 0 Å². The Hall–Kier alpha value is -2.24. The van der Waals surface area contributed by atoms with Gasteiger partial charge in [-0.25, -0.2) is 0 Å². The molecule has 11 heteroatoms. The first-order valence-corrected chi connectivity index (χ1v) is 10.8. The molecule has 0 amide bonds. The van der Waals surface area contributed by atoms with E-state index in [4.69, 9.17) is 28.4 Å². The first-order chi connectivity index (χ1) is 15.2. The molecule has 0 aliphatic carbocycles. The summed E-state index contributed by atoms with van der Waals surface area (Å²) in [5.41, 5.74) is 0. The minimum Gasteiger partial charge on any atom is -0.463 e. The Morgan fingerprint density at radius 2 is 1.34 bits per heavy atom. The summed E-state index contributed by atoms with van der Waals surface area (Å²) in [7, 11) is 0. The van der Waals surface area contributed by atoms with Crippen LogP contribution < -0.4 is 0 Å². The van der Waals surface area contributed by atoms with Crippen LogP contribution in [0.4, 0.5) is 0 Å². The SMILES string of the molecule is CC(=O)OCC1O[C@@H](OCCN2CCCCC2)C(OC(C)=O)C(OC(C)=O)[C@@H]1OC(C)=O. The van der Waals surface area contributed by atoms with Crippen molar-refractivity contribution in [3.63, 3.8) is 0 Å². The molecule has 0 bridgehead atoms. The fraction of sp³-hybridized carbons (Fsp3) is 0.810. The second-order valence-electron chi connectivity index (χ2n) is 7.84. The molecule has 2 heterocycles. The van der Waals surface area contributed by atoms with Gasteiger partial charge in [-0.05, 0) is 25.9 Å². The number of carbonyl (C=O) groups is 4. The lowest BCUT2D eigenvalue weighted by Crippen LogP contribution is -2.63. The third-order valence-electron chi connectivity index (χ3n) is 5.09. The zero-order chi connectivity index (χ0) is 23.7. The van der Waals surface area contributed by atoms with Crippen molar-refractivity contribution >= 4 is 23.9 Å². The molecular formula is C21H33NO10. The highest BCUT2D eigenvalue weighted by atomic mass is 16.7. The molecule has 11 nitrogen and oxygen atoms in total. The molecule has 0 N–H and O–H groups in total. The summed E-state index contributed by atoms with van der Waals surface area (Å²) >= 11 is 0. The second-order valence-corrected chi connectivity index (χ2v) is 7.84. The van der Waals surface area contributed by atoms with Gasteiger partial charge in [0.05, 0.1) is 6.61 Å². The van der Waals surface area contributed by atoms with Gasteiger partial charge in [-0.2, -0.15) is 0 Å². The molecule has 0 saturated carbocycles. The fourth-order valence-electron chi connectivity index (χ4n) is 3.80. The van der Waals surface area contributed by atoms with Crippen molar-refractivity contribution in [2.24, 2.45) is 0 Å². The van der Waals surface area contributed by atoms with E-state index < -0.39 is 54.6 Å². The van der Waals surface area contributed by atoms with Gasteiger partial charge in [-0.15, -0.1) is 0 Å². The summed E-state index contributed by atoms with van der Waals surface area (Å²) < 4.78 is 32.9. The lowest BCUT2D eigenvalue weighted by molar-refractivity contribution is -0.308. The topological polar surface area (TPSA) is 127 Å². The molecule has 0 aromatic rings. The van der Waals surface area contributed by atoms with E-state index in [0.29, 0.717) is 6.54 Å². The molecule has 2 rings (SSSR count). The molecule has 2 aliphatic heterocycles. The van der Waals surface area contributed by atoms with Crippen LogP contribution in [-0.4, -0.2) is 92.3 Å². The highest BCUT2D eigenvalue weighted by Gasteiger charge is 2.52. The zero-order valence-electron chi connectivity index (χ0n) is 19.1. The molecule has 32 heavy (non-hydrogen) atoms. The Kier molecular flexibility index (Phi) is 10.3. The minimum atomic E-state index is -1.21. The summed E-state index contributed by atoms with van der Waals surface area (Å²) in [4.78, 5) is 48.9. The van der Waals surface area contributed by atoms with Crippen LogP contribution in [0, 0.1) is 0 Å². The van der Waals surface area contributed by atoms with Gasteiger partial charge in [0.1, 0.15) is 12.7 Å². The molecule has 2 saturated heterocycles. The molecule has 0 radical (unpaired) electrons. The molecular weight excluding hydrogens is 426 g/mol. The first kappa shape index (κ1) is 26.0. The normalized spacial score (nSPS) is 28.4. The van der Waals surface area contributed by atoms with Crippen LogP contribution in [-0.2, 0) is 47.6 Å². The van der Waals surface area contributed by atoms with Gasteiger partial charge in [-0.3, -0.25) is 19.2 Å². The summed E-state index contributed by atoms with van der Waals surface area (Å²) in [6.07, 6.45) is -2.25. The molecule has 5 atom stereocenters. The number of esters is 4. The van der Waals surface area contributed by atoms with Crippen LogP contribution in [0.1, 0.15) is 47.0 Å². The van der Waals surface area contributed by atoms with Crippen molar-refractivity contribution in [1.82, 2.24) is 4.90 Å². The summed E-state index contributed by atoms with van der Waals surface area (Å²) in [5, 5.41) is 0. The quantitative estimate of drug-likeness (QED) is 0.355. The number of hydrogen-bond donors (Lipinski definition) is 0. The van der Waals surface area contributed by atoms with Gasteiger partial charge >= 0.3 is 23.9 Å². The van der Waals surface area contributed by atoms with E-state index in [0.717, 1.165) is 25.9 Å². The Balaban J connectivity index is 2.22. The largest absolute Gasteiger partial charge is 0.463 e. The lowest BCUT2D eigenvalue weighted by Gasteiger charge is -2.44. The predicted molar refractivity (Wildman–Crippen MR) is 108 cm³/mol. The molecule has 0 aromatic carbocycles. The monoisotopic (exact) mass is 459 g/mol. The second kappa shape index (κ2) is 12.7. The number of likely N-dealkylation sites (tertiary alicyclic amines) is 1.